The molecule has 5 nitrogen and oxygen atoms in total. The Morgan fingerprint density at radius 3 is 2.21 bits per heavy atom. The van der Waals surface area contributed by atoms with E-state index in [0.717, 1.165) is 39.0 Å². The van der Waals surface area contributed by atoms with Gasteiger partial charge in [-0.1, -0.05) is 0 Å². The van der Waals surface area contributed by atoms with E-state index in [0.29, 0.717) is 6.54 Å². The lowest BCUT2D eigenvalue weighted by Crippen LogP contribution is -2.16. The van der Waals surface area contributed by atoms with Crippen molar-refractivity contribution in [3.05, 3.63) is 82.9 Å². The normalized spacial score (nSPS) is 11.6. The van der Waals surface area contributed by atoms with E-state index in [2.05, 4.69) is 22.1 Å². The van der Waals surface area contributed by atoms with Crippen LogP contribution in [0.5, 0.6) is 11.5 Å². The van der Waals surface area contributed by atoms with Crippen molar-refractivity contribution in [2.24, 2.45) is 4.99 Å². The zero-order valence-corrected chi connectivity index (χ0v) is 16.5. The largest absolute Gasteiger partial charge is 0.497 e. The monoisotopic (exact) mass is 392 g/mol. The number of rotatable bonds is 6. The van der Waals surface area contributed by atoms with Gasteiger partial charge in [0.2, 0.25) is 0 Å². The van der Waals surface area contributed by atoms with Crippen molar-refractivity contribution in [1.82, 2.24) is 4.57 Å². The molecule has 0 saturated carbocycles. The van der Waals surface area contributed by atoms with E-state index < -0.39 is 0 Å². The number of hydrogen-bond acceptors (Lipinski definition) is 5. The van der Waals surface area contributed by atoms with Gasteiger partial charge in [-0.25, -0.2) is 4.99 Å². The van der Waals surface area contributed by atoms with Crippen LogP contribution in [0.1, 0.15) is 5.76 Å². The molecule has 0 saturated heterocycles. The van der Waals surface area contributed by atoms with Crippen molar-refractivity contribution in [2.45, 2.75) is 6.54 Å². The molecule has 2 heterocycles. The third-order valence-electron chi connectivity index (χ3n) is 4.37. The van der Waals surface area contributed by atoms with E-state index in [4.69, 9.17) is 18.9 Å². The Labute approximate surface area is 167 Å². The van der Waals surface area contributed by atoms with E-state index in [9.17, 15) is 0 Å². The number of ether oxygens (including phenoxy) is 2. The Morgan fingerprint density at radius 2 is 1.61 bits per heavy atom. The summed E-state index contributed by atoms with van der Waals surface area (Å²) in [5.41, 5.74) is 3.05. The first kappa shape index (κ1) is 18.1. The summed E-state index contributed by atoms with van der Waals surface area (Å²) in [6, 6.07) is 19.6. The fourth-order valence-electron chi connectivity index (χ4n) is 2.89. The molecule has 0 atom stereocenters. The second-order valence-corrected chi connectivity index (χ2v) is 6.94. The summed E-state index contributed by atoms with van der Waals surface area (Å²) in [5.74, 6) is 2.52. The lowest BCUT2D eigenvalue weighted by Gasteiger charge is -2.08. The molecule has 2 aromatic carbocycles. The van der Waals surface area contributed by atoms with Gasteiger partial charge in [0.15, 0.2) is 4.80 Å². The van der Waals surface area contributed by atoms with Gasteiger partial charge in [0.1, 0.15) is 17.3 Å². The standard InChI is InChI=1S/C22H20N2O3S/c1-25-18-9-5-16(6-10-18)21-15-28-22(24(21)14-20-4-3-13-27-20)23-17-7-11-19(26-2)12-8-17/h3-13,15H,14H2,1-2H3. The third kappa shape index (κ3) is 3.87. The highest BCUT2D eigenvalue weighted by Crippen LogP contribution is 2.25. The van der Waals surface area contributed by atoms with Gasteiger partial charge in [0.05, 0.1) is 38.4 Å². The molecule has 28 heavy (non-hydrogen) atoms. The second-order valence-electron chi connectivity index (χ2n) is 6.11. The maximum Gasteiger partial charge on any atom is 0.190 e. The van der Waals surface area contributed by atoms with Crippen LogP contribution in [0, 0.1) is 0 Å². The van der Waals surface area contributed by atoms with Crippen molar-refractivity contribution in [1.29, 1.82) is 0 Å². The van der Waals surface area contributed by atoms with Gasteiger partial charge in [0.25, 0.3) is 0 Å². The number of nitrogens with zero attached hydrogens (tertiary/aromatic N) is 2. The number of methoxy groups -OCH3 is 2. The number of aromatic nitrogens is 1. The highest BCUT2D eigenvalue weighted by atomic mass is 32.1. The molecule has 0 aliphatic heterocycles. The zero-order chi connectivity index (χ0) is 19.3. The first-order valence-corrected chi connectivity index (χ1v) is 9.69. The number of hydrogen-bond donors (Lipinski definition) is 0. The summed E-state index contributed by atoms with van der Waals surface area (Å²) in [6.45, 7) is 0.604. The Hall–Kier alpha value is -3.25. The highest BCUT2D eigenvalue weighted by molar-refractivity contribution is 7.07. The molecule has 0 fully saturated rings. The Balaban J connectivity index is 1.78. The quantitative estimate of drug-likeness (QED) is 0.458. The minimum atomic E-state index is 0.604. The van der Waals surface area contributed by atoms with E-state index in [1.165, 1.54) is 0 Å². The summed E-state index contributed by atoms with van der Waals surface area (Å²) in [6.07, 6.45) is 1.69. The van der Waals surface area contributed by atoms with E-state index in [1.54, 1.807) is 31.8 Å². The van der Waals surface area contributed by atoms with Crippen LogP contribution in [0.2, 0.25) is 0 Å². The smallest absolute Gasteiger partial charge is 0.190 e. The third-order valence-corrected chi connectivity index (χ3v) is 5.24. The predicted octanol–water partition coefficient (Wildman–Crippen LogP) is 5.11. The van der Waals surface area contributed by atoms with Crippen LogP contribution < -0.4 is 14.3 Å². The van der Waals surface area contributed by atoms with Gasteiger partial charge in [-0.2, -0.15) is 0 Å². The minimum Gasteiger partial charge on any atom is -0.497 e. The van der Waals surface area contributed by atoms with Crippen LogP contribution in [-0.4, -0.2) is 18.8 Å². The Kier molecular flexibility index (Phi) is 5.30. The van der Waals surface area contributed by atoms with Crippen molar-refractivity contribution >= 4 is 17.0 Å². The second kappa shape index (κ2) is 8.19. The van der Waals surface area contributed by atoms with Gasteiger partial charge in [-0.05, 0) is 66.2 Å². The molecule has 0 radical (unpaired) electrons. The molecule has 0 unspecified atom stereocenters. The average Bonchev–Trinajstić information content (AvgIpc) is 3.40. The first-order chi connectivity index (χ1) is 13.8. The van der Waals surface area contributed by atoms with Crippen molar-refractivity contribution in [3.63, 3.8) is 0 Å². The number of thiazole rings is 1. The highest BCUT2D eigenvalue weighted by Gasteiger charge is 2.10. The lowest BCUT2D eigenvalue weighted by atomic mass is 10.1. The van der Waals surface area contributed by atoms with Crippen molar-refractivity contribution < 1.29 is 13.9 Å². The van der Waals surface area contributed by atoms with Crippen molar-refractivity contribution in [2.75, 3.05) is 14.2 Å². The van der Waals surface area contributed by atoms with E-state index in [-0.39, 0.29) is 0 Å². The summed E-state index contributed by atoms with van der Waals surface area (Å²) >= 11 is 1.60. The van der Waals surface area contributed by atoms with Gasteiger partial charge in [-0.15, -0.1) is 11.3 Å². The lowest BCUT2D eigenvalue weighted by molar-refractivity contribution is 0.414. The van der Waals surface area contributed by atoms with Gasteiger partial charge >= 0.3 is 0 Å². The van der Waals surface area contributed by atoms with Gasteiger partial charge in [-0.3, -0.25) is 0 Å². The fourth-order valence-corrected chi connectivity index (χ4v) is 3.82. The van der Waals surface area contributed by atoms with Gasteiger partial charge < -0.3 is 18.5 Å². The maximum absolute atomic E-state index is 5.58. The van der Waals surface area contributed by atoms with Crippen LogP contribution >= 0.6 is 11.3 Å². The molecule has 0 spiro atoms. The molecular weight excluding hydrogens is 372 g/mol. The molecule has 4 aromatic rings. The van der Waals surface area contributed by atoms with Crippen LogP contribution in [-0.2, 0) is 6.54 Å². The average molecular weight is 392 g/mol. The molecule has 0 N–H and O–H groups in total. The molecule has 0 aliphatic rings. The molecular formula is C22H20N2O3S. The van der Waals surface area contributed by atoms with Crippen LogP contribution in [0.4, 0.5) is 5.69 Å². The summed E-state index contributed by atoms with van der Waals surface area (Å²) in [5, 5.41) is 2.12. The number of benzene rings is 2. The summed E-state index contributed by atoms with van der Waals surface area (Å²) in [7, 11) is 3.33. The summed E-state index contributed by atoms with van der Waals surface area (Å²) in [4.78, 5) is 5.73. The topological polar surface area (TPSA) is 48.9 Å². The Bertz CT molecular complexity index is 1090. The van der Waals surface area contributed by atoms with Crippen molar-refractivity contribution in [3.8, 4) is 22.8 Å². The number of furan rings is 1. The first-order valence-electron chi connectivity index (χ1n) is 8.81. The Morgan fingerprint density at radius 1 is 0.929 bits per heavy atom. The van der Waals surface area contributed by atoms with Crippen LogP contribution in [0.25, 0.3) is 11.3 Å². The van der Waals surface area contributed by atoms with E-state index >= 15 is 0 Å². The SMILES string of the molecule is COc1ccc(N=c2scc(-c3ccc(OC)cc3)n2Cc2ccco2)cc1. The van der Waals surface area contributed by atoms with Crippen LogP contribution in [0.3, 0.4) is 0 Å². The fraction of sp³-hybridized carbons (Fsp3) is 0.136. The van der Waals surface area contributed by atoms with E-state index in [1.807, 2.05) is 48.5 Å². The molecule has 0 amide bonds. The molecule has 2 aromatic heterocycles. The zero-order valence-electron chi connectivity index (χ0n) is 15.7. The molecule has 142 valence electrons. The molecule has 6 heteroatoms. The molecule has 0 bridgehead atoms. The molecule has 0 aliphatic carbocycles. The maximum atomic E-state index is 5.58. The van der Waals surface area contributed by atoms with Gasteiger partial charge in [0, 0.05) is 5.38 Å². The predicted molar refractivity (Wildman–Crippen MR) is 110 cm³/mol. The van der Waals surface area contributed by atoms with Crippen LogP contribution in [0.15, 0.2) is 81.7 Å². The minimum absolute atomic E-state index is 0.604. The summed E-state index contributed by atoms with van der Waals surface area (Å²) < 4.78 is 18.2. The molecule has 4 rings (SSSR count).